The zero-order valence-electron chi connectivity index (χ0n) is 25.3. The molecule has 0 aliphatic carbocycles. The largest absolute Gasteiger partial charge is 0.496 e. The summed E-state index contributed by atoms with van der Waals surface area (Å²) in [4.78, 5) is 10.5. The van der Waals surface area contributed by atoms with Crippen LogP contribution in [0.25, 0.3) is 16.7 Å². The van der Waals surface area contributed by atoms with Gasteiger partial charge in [-0.1, -0.05) is 0 Å². The van der Waals surface area contributed by atoms with Gasteiger partial charge in [0.25, 0.3) is 0 Å². The van der Waals surface area contributed by atoms with Crippen LogP contribution in [0.1, 0.15) is 27.7 Å². The summed E-state index contributed by atoms with van der Waals surface area (Å²) in [6.45, 7) is -2.82. The van der Waals surface area contributed by atoms with Gasteiger partial charge >= 0.3 is 0 Å². The van der Waals surface area contributed by atoms with E-state index in [0.717, 1.165) is 11.7 Å². The Labute approximate surface area is 170 Å². The molecule has 4 rings (SSSR count). The number of hydrogen-bond acceptors (Lipinski definition) is 4. The fourth-order valence-corrected chi connectivity index (χ4v) is 3.18. The molecule has 3 aromatic heterocycles. The van der Waals surface area contributed by atoms with Crippen molar-refractivity contribution in [3.8, 4) is 11.4 Å². The SMILES string of the molecule is [2H]c1nc(CS(=O)c2nc3c([2H])c([2H])c(-n4c([2H])c([2H])c([2H])c4[2H])c([2H])c3[nH]2)c(C([2H])([2H])[2H])c(OC)c1[2H]. The van der Waals surface area contributed by atoms with Gasteiger partial charge in [0, 0.05) is 33.9 Å². The number of rotatable bonds is 5. The predicted octanol–water partition coefficient (Wildman–Crippen LogP) is 3.37. The fourth-order valence-electron chi connectivity index (χ4n) is 2.17. The first-order chi connectivity index (χ1) is 17.6. The minimum Gasteiger partial charge on any atom is -0.496 e. The van der Waals surface area contributed by atoms with E-state index in [9.17, 15) is 4.21 Å². The molecule has 0 radical (unpaired) electrons. The van der Waals surface area contributed by atoms with E-state index in [1.807, 2.05) is 0 Å². The Kier molecular flexibility index (Phi) is 2.02. The molecule has 132 valence electrons. The third kappa shape index (κ3) is 3.01. The molecule has 26 heavy (non-hydrogen) atoms. The molecule has 0 bridgehead atoms. The van der Waals surface area contributed by atoms with Crippen LogP contribution in [0.5, 0.6) is 5.75 Å². The highest BCUT2D eigenvalue weighted by Gasteiger charge is 2.15. The molecule has 0 aliphatic heterocycles. The number of nitrogens with zero attached hydrogens (tertiary/aromatic N) is 3. The summed E-state index contributed by atoms with van der Waals surface area (Å²) in [5, 5.41) is -0.302. The monoisotopic (exact) mass is 378 g/mol. The van der Waals surface area contributed by atoms with Crippen molar-refractivity contribution in [2.45, 2.75) is 17.8 Å². The second-order valence-electron chi connectivity index (χ2n) is 4.99. The predicted molar refractivity (Wildman–Crippen MR) is 101 cm³/mol. The maximum absolute atomic E-state index is 13.2. The number of H-pyrrole nitrogens is 1. The lowest BCUT2D eigenvalue weighted by atomic mass is 10.2. The Morgan fingerprint density at radius 1 is 1.35 bits per heavy atom. The Morgan fingerprint density at radius 3 is 2.96 bits per heavy atom. The number of nitrogens with one attached hydrogen (secondary N) is 1. The van der Waals surface area contributed by atoms with Gasteiger partial charge in [-0.15, -0.1) is 0 Å². The third-order valence-electron chi connectivity index (χ3n) is 3.41. The first kappa shape index (κ1) is 7.75. The Morgan fingerprint density at radius 2 is 2.19 bits per heavy atom. The van der Waals surface area contributed by atoms with Crippen LogP contribution in [0, 0.1) is 6.85 Å². The van der Waals surface area contributed by atoms with E-state index >= 15 is 0 Å². The molecule has 7 heteroatoms. The van der Waals surface area contributed by atoms with Crippen LogP contribution in [0.4, 0.5) is 0 Å². The number of methoxy groups -OCH3 is 1. The number of pyridine rings is 1. The average molecular weight is 379 g/mol. The summed E-state index contributed by atoms with van der Waals surface area (Å²) in [6, 6.07) is -3.37. The van der Waals surface area contributed by atoms with Gasteiger partial charge in [-0.2, -0.15) is 0 Å². The van der Waals surface area contributed by atoms with E-state index in [1.165, 1.54) is 0 Å². The highest BCUT2D eigenvalue weighted by Crippen LogP contribution is 2.22. The molecule has 0 saturated heterocycles. The number of fused-ring (bicyclic) bond motifs is 1. The molecule has 0 spiro atoms. The molecule has 1 unspecified atom stereocenters. The second kappa shape index (κ2) is 6.76. The molecule has 1 atom stereocenters. The van der Waals surface area contributed by atoms with Gasteiger partial charge in [0.05, 0.1) is 52.7 Å². The van der Waals surface area contributed by atoms with Crippen LogP contribution >= 0.6 is 0 Å². The van der Waals surface area contributed by atoms with Crippen molar-refractivity contribution >= 4 is 21.8 Å². The first-order valence-corrected chi connectivity index (χ1v) is 8.51. The number of imidazole rings is 1. The number of hydrogen-bond donors (Lipinski definition) is 1. The number of aromatic nitrogens is 4. The van der Waals surface area contributed by atoms with Crippen molar-refractivity contribution in [2.75, 3.05) is 7.11 Å². The summed E-state index contributed by atoms with van der Waals surface area (Å²) < 4.78 is 115. The van der Waals surface area contributed by atoms with Gasteiger partial charge in [0.2, 0.25) is 0 Å². The summed E-state index contributed by atoms with van der Waals surface area (Å²) in [6.07, 6.45) is -1.83. The van der Waals surface area contributed by atoms with Gasteiger partial charge in [0.15, 0.2) is 5.16 Å². The molecular formula is C19H18N4O2S. The van der Waals surface area contributed by atoms with Crippen LogP contribution in [0.3, 0.4) is 0 Å². The lowest BCUT2D eigenvalue weighted by molar-refractivity contribution is 0.410. The van der Waals surface area contributed by atoms with Crippen LogP contribution in [-0.4, -0.2) is 30.8 Å². The minimum absolute atomic E-state index is 0.167. The number of ether oxygens (including phenoxy) is 1. The molecule has 1 N–H and O–H groups in total. The summed E-state index contributed by atoms with van der Waals surface area (Å²) >= 11 is 0. The summed E-state index contributed by atoms with van der Waals surface area (Å²) in [5.74, 6) is -0.980. The smallest absolute Gasteiger partial charge is 0.197 e. The standard InChI is InChI=1S/C19H18N4O2S/c1-13-17(20-8-7-18(13)25-2)12-26(24)19-21-15-6-5-14(11-16(15)22-19)23-9-3-4-10-23/h3-11H,12H2,1-2H3,(H,21,22)/i1D3,3D,4D,5D,6D,7D,8D,9D,10D,11D. The summed E-state index contributed by atoms with van der Waals surface area (Å²) in [7, 11) is -1.04. The normalized spacial score (nSPS) is 19.4. The van der Waals surface area contributed by atoms with Gasteiger partial charge in [-0.05, 0) is 43.1 Å². The van der Waals surface area contributed by atoms with E-state index in [1.54, 1.807) is 0 Å². The van der Waals surface area contributed by atoms with Crippen molar-refractivity contribution in [1.29, 1.82) is 0 Å². The van der Waals surface area contributed by atoms with E-state index in [2.05, 4.69) is 15.0 Å². The van der Waals surface area contributed by atoms with Gasteiger partial charge in [-0.3, -0.25) is 9.19 Å². The van der Waals surface area contributed by atoms with Crippen LogP contribution < -0.4 is 4.74 Å². The Hall–Kier alpha value is -2.93. The number of benzene rings is 1. The third-order valence-corrected chi connectivity index (χ3v) is 4.57. The molecule has 0 aliphatic rings. The highest BCUT2D eigenvalue weighted by molar-refractivity contribution is 7.84. The van der Waals surface area contributed by atoms with Crippen LogP contribution in [0.15, 0.2) is 59.9 Å². The number of aromatic amines is 1. The van der Waals surface area contributed by atoms with Crippen molar-refractivity contribution in [1.82, 2.24) is 19.5 Å². The molecule has 1 aromatic carbocycles. The van der Waals surface area contributed by atoms with Gasteiger partial charge < -0.3 is 14.3 Å². The molecular weight excluding hydrogens is 348 g/mol. The zero-order chi connectivity index (χ0) is 28.4. The fraction of sp³-hybridized carbons (Fsp3) is 0.158. The van der Waals surface area contributed by atoms with Crippen molar-refractivity contribution in [3.05, 3.63) is 66.0 Å². The van der Waals surface area contributed by atoms with E-state index in [-0.39, 0.29) is 21.9 Å². The molecule has 0 saturated carbocycles. The lowest BCUT2D eigenvalue weighted by Gasteiger charge is -2.08. The van der Waals surface area contributed by atoms with Crippen molar-refractivity contribution in [2.24, 2.45) is 0 Å². The van der Waals surface area contributed by atoms with Gasteiger partial charge in [-0.25, -0.2) is 4.98 Å². The van der Waals surface area contributed by atoms with Crippen LogP contribution in [0.2, 0.25) is 0 Å². The molecule has 0 fully saturated rings. The average Bonchev–Trinajstić information content (AvgIpc) is 3.37. The maximum Gasteiger partial charge on any atom is 0.197 e. The Bertz CT molecular complexity index is 1620. The minimum atomic E-state index is -2.82. The van der Waals surface area contributed by atoms with Gasteiger partial charge in [0.1, 0.15) is 5.75 Å². The van der Waals surface area contributed by atoms with E-state index in [0.29, 0.717) is 0 Å². The quantitative estimate of drug-likeness (QED) is 0.578. The first-order valence-electron chi connectivity index (χ1n) is 13.2. The molecule has 6 nitrogen and oxygen atoms in total. The molecule has 4 aromatic rings. The van der Waals surface area contributed by atoms with Crippen molar-refractivity contribution < 1.29 is 25.4 Å². The lowest BCUT2D eigenvalue weighted by Crippen LogP contribution is -2.03. The molecule has 0 amide bonds. The Balaban J connectivity index is 1.87. The van der Waals surface area contributed by atoms with E-state index in [4.69, 9.17) is 21.2 Å². The second-order valence-corrected chi connectivity index (χ2v) is 6.36. The van der Waals surface area contributed by atoms with E-state index < -0.39 is 95.2 Å². The zero-order valence-corrected chi connectivity index (χ0v) is 14.1. The van der Waals surface area contributed by atoms with Crippen LogP contribution in [-0.2, 0) is 16.6 Å². The maximum atomic E-state index is 13.2. The van der Waals surface area contributed by atoms with Crippen molar-refractivity contribution in [3.63, 3.8) is 0 Å². The topological polar surface area (TPSA) is 72.8 Å². The summed E-state index contributed by atoms with van der Waals surface area (Å²) in [5.41, 5.74) is -1.58. The highest BCUT2D eigenvalue weighted by atomic mass is 32.2. The molecule has 3 heterocycles.